The summed E-state index contributed by atoms with van der Waals surface area (Å²) in [6.07, 6.45) is 1.14. The summed E-state index contributed by atoms with van der Waals surface area (Å²) in [4.78, 5) is 0. The molecule has 2 N–H and O–H groups in total. The van der Waals surface area contributed by atoms with Gasteiger partial charge in [0.15, 0.2) is 5.76 Å². The molecule has 0 amide bonds. The summed E-state index contributed by atoms with van der Waals surface area (Å²) in [7, 11) is 0. The summed E-state index contributed by atoms with van der Waals surface area (Å²) in [6.45, 7) is 5.22. The zero-order valence-electron chi connectivity index (χ0n) is 10.8. The zero-order valence-corrected chi connectivity index (χ0v) is 10.8. The monoisotopic (exact) mass is 248 g/mol. The minimum atomic E-state index is -0.226. The third kappa shape index (κ3) is 3.20. The van der Waals surface area contributed by atoms with E-state index in [1.807, 2.05) is 12.1 Å². The van der Waals surface area contributed by atoms with Crippen molar-refractivity contribution in [2.24, 2.45) is 0 Å². The molecule has 0 fully saturated rings. The lowest BCUT2D eigenvalue weighted by molar-refractivity contribution is -0.703. The van der Waals surface area contributed by atoms with Gasteiger partial charge in [0, 0.05) is 5.56 Å². The van der Waals surface area contributed by atoms with Crippen LogP contribution in [0.25, 0.3) is 11.3 Å². The van der Waals surface area contributed by atoms with E-state index < -0.39 is 0 Å². The standard InChI is InChI=1S/C15H18FNO/c1-3-11(2)17-10-14-8-9-15(18-14)12-4-6-13(16)7-5-12/h4-9,11,17H,3,10H2,1-2H3/p+1/t11-/m1/s1. The number of hydrogen-bond donors (Lipinski definition) is 1. The molecular weight excluding hydrogens is 229 g/mol. The third-order valence-corrected chi connectivity index (χ3v) is 3.16. The fraction of sp³-hybridized carbons (Fsp3) is 0.333. The summed E-state index contributed by atoms with van der Waals surface area (Å²) < 4.78 is 18.6. The van der Waals surface area contributed by atoms with Gasteiger partial charge in [0.25, 0.3) is 0 Å². The summed E-state index contributed by atoms with van der Waals surface area (Å²) >= 11 is 0. The van der Waals surface area contributed by atoms with Crippen molar-refractivity contribution in [3.05, 3.63) is 48.0 Å². The third-order valence-electron chi connectivity index (χ3n) is 3.16. The van der Waals surface area contributed by atoms with Crippen LogP contribution >= 0.6 is 0 Å². The van der Waals surface area contributed by atoms with Crippen LogP contribution in [0.1, 0.15) is 26.0 Å². The van der Waals surface area contributed by atoms with Crippen LogP contribution in [0.15, 0.2) is 40.8 Å². The Morgan fingerprint density at radius 2 is 1.89 bits per heavy atom. The van der Waals surface area contributed by atoms with Crippen molar-refractivity contribution < 1.29 is 14.1 Å². The Morgan fingerprint density at radius 1 is 1.17 bits per heavy atom. The molecule has 0 spiro atoms. The number of benzene rings is 1. The molecular formula is C15H19FNO+. The van der Waals surface area contributed by atoms with Gasteiger partial charge in [0.2, 0.25) is 0 Å². The SMILES string of the molecule is CC[C@@H](C)[NH2+]Cc1ccc(-c2ccc(F)cc2)o1. The number of rotatable bonds is 5. The van der Waals surface area contributed by atoms with Gasteiger partial charge in [-0.1, -0.05) is 6.92 Å². The van der Waals surface area contributed by atoms with Gasteiger partial charge in [-0.15, -0.1) is 0 Å². The van der Waals surface area contributed by atoms with Gasteiger partial charge in [0.05, 0.1) is 6.04 Å². The van der Waals surface area contributed by atoms with Crippen molar-refractivity contribution in [1.29, 1.82) is 0 Å². The molecule has 2 aromatic rings. The largest absolute Gasteiger partial charge is 0.455 e. The fourth-order valence-corrected chi connectivity index (χ4v) is 1.74. The van der Waals surface area contributed by atoms with E-state index in [-0.39, 0.29) is 5.82 Å². The van der Waals surface area contributed by atoms with Gasteiger partial charge in [-0.05, 0) is 49.7 Å². The molecule has 2 nitrogen and oxygen atoms in total. The predicted molar refractivity (Wildman–Crippen MR) is 69.5 cm³/mol. The molecule has 0 aliphatic rings. The van der Waals surface area contributed by atoms with Crippen molar-refractivity contribution in [2.45, 2.75) is 32.9 Å². The lowest BCUT2D eigenvalue weighted by Gasteiger charge is -2.05. The molecule has 18 heavy (non-hydrogen) atoms. The minimum Gasteiger partial charge on any atom is -0.455 e. The molecule has 1 aromatic heterocycles. The summed E-state index contributed by atoms with van der Waals surface area (Å²) in [5.41, 5.74) is 0.909. The molecule has 0 aliphatic carbocycles. The number of furan rings is 1. The molecule has 1 aromatic carbocycles. The topological polar surface area (TPSA) is 29.8 Å². The molecule has 0 bridgehead atoms. The van der Waals surface area contributed by atoms with Gasteiger partial charge in [-0.2, -0.15) is 0 Å². The molecule has 3 heteroatoms. The number of nitrogens with two attached hydrogens (primary N) is 1. The van der Waals surface area contributed by atoms with Crippen LogP contribution in [0.4, 0.5) is 4.39 Å². The molecule has 0 unspecified atom stereocenters. The van der Waals surface area contributed by atoms with Gasteiger partial charge >= 0.3 is 0 Å². The van der Waals surface area contributed by atoms with E-state index in [9.17, 15) is 4.39 Å². The van der Waals surface area contributed by atoms with Gasteiger partial charge in [-0.3, -0.25) is 0 Å². The summed E-state index contributed by atoms with van der Waals surface area (Å²) in [6, 6.07) is 10.9. The highest BCUT2D eigenvalue weighted by molar-refractivity contribution is 5.57. The molecule has 0 radical (unpaired) electrons. The van der Waals surface area contributed by atoms with Crippen LogP contribution in [-0.2, 0) is 6.54 Å². The van der Waals surface area contributed by atoms with Crippen molar-refractivity contribution in [1.82, 2.24) is 0 Å². The second kappa shape index (κ2) is 5.83. The average Bonchev–Trinajstić information content (AvgIpc) is 2.85. The van der Waals surface area contributed by atoms with E-state index in [4.69, 9.17) is 4.42 Å². The van der Waals surface area contributed by atoms with E-state index >= 15 is 0 Å². The van der Waals surface area contributed by atoms with Crippen molar-refractivity contribution >= 4 is 0 Å². The van der Waals surface area contributed by atoms with Crippen molar-refractivity contribution in [2.75, 3.05) is 0 Å². The Hall–Kier alpha value is -1.61. The first-order chi connectivity index (χ1) is 8.69. The number of hydrogen-bond acceptors (Lipinski definition) is 1. The molecule has 1 atom stereocenters. The predicted octanol–water partition coefficient (Wildman–Crippen LogP) is 2.95. The molecule has 2 rings (SSSR count). The van der Waals surface area contributed by atoms with Crippen LogP contribution in [0.2, 0.25) is 0 Å². The first-order valence-corrected chi connectivity index (χ1v) is 6.37. The van der Waals surface area contributed by atoms with Crippen LogP contribution in [0.5, 0.6) is 0 Å². The minimum absolute atomic E-state index is 0.226. The Balaban J connectivity index is 2.03. The maximum absolute atomic E-state index is 12.8. The second-order valence-corrected chi connectivity index (χ2v) is 4.60. The normalized spacial score (nSPS) is 12.6. The summed E-state index contributed by atoms with van der Waals surface area (Å²) in [5.74, 6) is 1.52. The average molecular weight is 248 g/mol. The Bertz CT molecular complexity index is 489. The first-order valence-electron chi connectivity index (χ1n) is 6.37. The molecule has 0 saturated carbocycles. The molecule has 0 saturated heterocycles. The van der Waals surface area contributed by atoms with Crippen LogP contribution in [0.3, 0.4) is 0 Å². The van der Waals surface area contributed by atoms with Crippen LogP contribution < -0.4 is 5.32 Å². The summed E-state index contributed by atoms with van der Waals surface area (Å²) in [5, 5.41) is 2.26. The lowest BCUT2D eigenvalue weighted by Crippen LogP contribution is -2.87. The lowest BCUT2D eigenvalue weighted by atomic mass is 10.2. The van der Waals surface area contributed by atoms with Gasteiger partial charge < -0.3 is 9.73 Å². The highest BCUT2D eigenvalue weighted by Crippen LogP contribution is 2.21. The highest BCUT2D eigenvalue weighted by atomic mass is 19.1. The quantitative estimate of drug-likeness (QED) is 0.866. The van der Waals surface area contributed by atoms with Crippen LogP contribution in [-0.4, -0.2) is 6.04 Å². The first kappa shape index (κ1) is 12.8. The highest BCUT2D eigenvalue weighted by Gasteiger charge is 2.08. The molecule has 0 aliphatic heterocycles. The van der Waals surface area contributed by atoms with E-state index in [1.54, 1.807) is 12.1 Å². The number of quaternary nitrogens is 1. The Kier molecular flexibility index (Phi) is 4.15. The number of halogens is 1. The maximum atomic E-state index is 12.8. The van der Waals surface area contributed by atoms with E-state index in [0.717, 1.165) is 30.0 Å². The van der Waals surface area contributed by atoms with E-state index in [2.05, 4.69) is 19.2 Å². The fourth-order valence-electron chi connectivity index (χ4n) is 1.74. The van der Waals surface area contributed by atoms with Gasteiger partial charge in [0.1, 0.15) is 18.1 Å². The van der Waals surface area contributed by atoms with Gasteiger partial charge in [-0.25, -0.2) is 4.39 Å². The van der Waals surface area contributed by atoms with E-state index in [1.165, 1.54) is 12.1 Å². The zero-order chi connectivity index (χ0) is 13.0. The van der Waals surface area contributed by atoms with Crippen molar-refractivity contribution in [3.8, 4) is 11.3 Å². The smallest absolute Gasteiger partial charge is 0.158 e. The maximum Gasteiger partial charge on any atom is 0.158 e. The Morgan fingerprint density at radius 3 is 2.56 bits per heavy atom. The second-order valence-electron chi connectivity index (χ2n) is 4.60. The molecule has 1 heterocycles. The van der Waals surface area contributed by atoms with E-state index in [0.29, 0.717) is 6.04 Å². The van der Waals surface area contributed by atoms with Crippen LogP contribution in [0, 0.1) is 5.82 Å². The molecule has 96 valence electrons. The van der Waals surface area contributed by atoms with Crippen molar-refractivity contribution in [3.63, 3.8) is 0 Å². The Labute approximate surface area is 107 Å².